The Morgan fingerprint density at radius 1 is 1.00 bits per heavy atom. The molecule has 3 nitrogen and oxygen atoms in total. The van der Waals surface area contributed by atoms with Gasteiger partial charge in [0, 0.05) is 18.5 Å². The van der Waals surface area contributed by atoms with Gasteiger partial charge in [-0.1, -0.05) is 32.1 Å². The largest absolute Gasteiger partial charge is 0.472 e. The molecule has 14 heavy (non-hydrogen) atoms. The molecular weight excluding hydrogens is 196 g/mol. The van der Waals surface area contributed by atoms with Crippen LogP contribution in [0.4, 0.5) is 0 Å². The maximum Gasteiger partial charge on any atom is 0.261 e. The van der Waals surface area contributed by atoms with E-state index in [4.69, 9.17) is 9.88 Å². The number of hydrogen-bond acceptors (Lipinski definition) is 4. The number of nitrogens with zero attached hydrogens (tertiary/aromatic N) is 1. The average Bonchev–Trinajstić information content (AvgIpc) is 2.19. The fourth-order valence-electron chi connectivity index (χ4n) is 1.54. The summed E-state index contributed by atoms with van der Waals surface area (Å²) in [5.41, 5.74) is 0. The standard InChI is InChI=1S/C10H20N2OS/c11-14-10-12-8-6-4-2-1-3-5-7-9-13-10/h1-9,11H2/b12-10+. The Morgan fingerprint density at radius 2 is 1.64 bits per heavy atom. The SMILES string of the molecule is NS/C1=N/CCCCCCCCCO1. The van der Waals surface area contributed by atoms with Gasteiger partial charge in [-0.25, -0.2) is 4.99 Å². The lowest BCUT2D eigenvalue weighted by Crippen LogP contribution is -2.06. The summed E-state index contributed by atoms with van der Waals surface area (Å²) >= 11 is 1.12. The van der Waals surface area contributed by atoms with E-state index in [1.165, 1.54) is 32.1 Å². The maximum absolute atomic E-state index is 5.45. The van der Waals surface area contributed by atoms with E-state index in [0.29, 0.717) is 5.23 Å². The van der Waals surface area contributed by atoms with Gasteiger partial charge in [-0.2, -0.15) is 0 Å². The van der Waals surface area contributed by atoms with Crippen LogP contribution in [0.15, 0.2) is 4.99 Å². The summed E-state index contributed by atoms with van der Waals surface area (Å²) in [5.74, 6) is 0. The van der Waals surface area contributed by atoms with E-state index >= 15 is 0 Å². The van der Waals surface area contributed by atoms with Crippen LogP contribution in [0.1, 0.15) is 44.9 Å². The molecule has 0 spiro atoms. The van der Waals surface area contributed by atoms with Gasteiger partial charge in [-0.15, -0.1) is 0 Å². The van der Waals surface area contributed by atoms with Gasteiger partial charge in [0.15, 0.2) is 0 Å². The monoisotopic (exact) mass is 216 g/mol. The van der Waals surface area contributed by atoms with Gasteiger partial charge >= 0.3 is 0 Å². The predicted molar refractivity (Wildman–Crippen MR) is 62.4 cm³/mol. The average molecular weight is 216 g/mol. The molecular formula is C10H20N2OS. The fraction of sp³-hybridized carbons (Fsp3) is 0.900. The Hall–Kier alpha value is -0.220. The first-order valence-corrected chi connectivity index (χ1v) is 6.35. The van der Waals surface area contributed by atoms with E-state index in [0.717, 1.165) is 37.9 Å². The molecule has 0 amide bonds. The van der Waals surface area contributed by atoms with Crippen LogP contribution < -0.4 is 5.14 Å². The van der Waals surface area contributed by atoms with Crippen LogP contribution in [0.25, 0.3) is 0 Å². The molecule has 1 aliphatic rings. The van der Waals surface area contributed by atoms with Crippen LogP contribution in [-0.4, -0.2) is 18.4 Å². The van der Waals surface area contributed by atoms with Gasteiger partial charge in [0.2, 0.25) is 0 Å². The topological polar surface area (TPSA) is 47.6 Å². The second kappa shape index (κ2) is 8.12. The zero-order valence-electron chi connectivity index (χ0n) is 8.71. The summed E-state index contributed by atoms with van der Waals surface area (Å²) < 4.78 is 5.45. The molecule has 1 rings (SSSR count). The van der Waals surface area contributed by atoms with E-state index in [1.54, 1.807) is 0 Å². The number of nitrogens with two attached hydrogens (primary N) is 1. The predicted octanol–water partition coefficient (Wildman–Crippen LogP) is 2.71. The van der Waals surface area contributed by atoms with Gasteiger partial charge in [0.25, 0.3) is 5.23 Å². The molecule has 0 saturated heterocycles. The zero-order chi connectivity index (χ0) is 10.1. The lowest BCUT2D eigenvalue weighted by atomic mass is 10.1. The van der Waals surface area contributed by atoms with E-state index < -0.39 is 0 Å². The van der Waals surface area contributed by atoms with Gasteiger partial charge in [-0.3, -0.25) is 5.14 Å². The smallest absolute Gasteiger partial charge is 0.261 e. The molecule has 0 saturated carbocycles. The molecule has 0 aromatic heterocycles. The van der Waals surface area contributed by atoms with E-state index in [2.05, 4.69) is 4.99 Å². The zero-order valence-corrected chi connectivity index (χ0v) is 9.52. The van der Waals surface area contributed by atoms with Crippen LogP contribution in [0.2, 0.25) is 0 Å². The van der Waals surface area contributed by atoms with Crippen molar-refractivity contribution in [3.8, 4) is 0 Å². The van der Waals surface area contributed by atoms with E-state index in [1.807, 2.05) is 0 Å². The molecule has 1 heterocycles. The second-order valence-electron chi connectivity index (χ2n) is 3.59. The Bertz CT molecular complexity index is 174. The highest BCUT2D eigenvalue weighted by molar-refractivity contribution is 8.11. The molecule has 2 N–H and O–H groups in total. The van der Waals surface area contributed by atoms with Crippen molar-refractivity contribution < 1.29 is 4.74 Å². The van der Waals surface area contributed by atoms with Crippen molar-refractivity contribution in [3.63, 3.8) is 0 Å². The second-order valence-corrected chi connectivity index (χ2v) is 4.17. The van der Waals surface area contributed by atoms with Crippen LogP contribution in [0, 0.1) is 0 Å². The quantitative estimate of drug-likeness (QED) is 0.633. The summed E-state index contributed by atoms with van der Waals surface area (Å²) in [6, 6.07) is 0. The van der Waals surface area contributed by atoms with Crippen LogP contribution in [0.5, 0.6) is 0 Å². The van der Waals surface area contributed by atoms with Crippen molar-refractivity contribution in [2.75, 3.05) is 13.2 Å². The Labute approximate surface area is 90.6 Å². The van der Waals surface area contributed by atoms with Crippen LogP contribution in [0.3, 0.4) is 0 Å². The van der Waals surface area contributed by atoms with Crippen molar-refractivity contribution >= 4 is 17.2 Å². The normalized spacial score (nSPS) is 25.1. The number of ether oxygens (including phenoxy) is 1. The summed E-state index contributed by atoms with van der Waals surface area (Å²) in [6.45, 7) is 1.63. The van der Waals surface area contributed by atoms with Gasteiger partial charge in [0.05, 0.1) is 6.61 Å². The number of aliphatic imine (C=N–C) groups is 1. The lowest BCUT2D eigenvalue weighted by Gasteiger charge is -2.08. The summed E-state index contributed by atoms with van der Waals surface area (Å²) in [5, 5.41) is 6.10. The van der Waals surface area contributed by atoms with Gasteiger partial charge in [0.1, 0.15) is 0 Å². The first-order chi connectivity index (χ1) is 6.93. The van der Waals surface area contributed by atoms with Crippen molar-refractivity contribution in [1.82, 2.24) is 0 Å². The van der Waals surface area contributed by atoms with Crippen LogP contribution >= 0.6 is 11.9 Å². The molecule has 0 unspecified atom stereocenters. The third kappa shape index (κ3) is 5.50. The maximum atomic E-state index is 5.45. The third-order valence-electron chi connectivity index (χ3n) is 2.37. The first kappa shape index (κ1) is 11.9. The van der Waals surface area contributed by atoms with Crippen molar-refractivity contribution in [2.45, 2.75) is 44.9 Å². The highest BCUT2D eigenvalue weighted by atomic mass is 32.2. The number of hydrogen-bond donors (Lipinski definition) is 1. The Balaban J connectivity index is 2.29. The lowest BCUT2D eigenvalue weighted by molar-refractivity contribution is 0.298. The molecule has 0 aromatic carbocycles. The molecule has 0 bridgehead atoms. The van der Waals surface area contributed by atoms with Gasteiger partial charge in [-0.05, 0) is 12.8 Å². The van der Waals surface area contributed by atoms with Crippen molar-refractivity contribution in [1.29, 1.82) is 0 Å². The first-order valence-electron chi connectivity index (χ1n) is 5.47. The number of rotatable bonds is 0. The fourth-order valence-corrected chi connectivity index (χ4v) is 1.86. The molecule has 4 heteroatoms. The summed E-state index contributed by atoms with van der Waals surface area (Å²) in [6.07, 6.45) is 8.89. The molecule has 0 radical (unpaired) electrons. The minimum absolute atomic E-state index is 0.658. The van der Waals surface area contributed by atoms with Crippen molar-refractivity contribution in [3.05, 3.63) is 0 Å². The Morgan fingerprint density at radius 3 is 2.36 bits per heavy atom. The highest BCUT2D eigenvalue weighted by Crippen LogP contribution is 2.10. The summed E-state index contributed by atoms with van der Waals surface area (Å²) in [7, 11) is 0. The molecule has 0 atom stereocenters. The van der Waals surface area contributed by atoms with Gasteiger partial charge < -0.3 is 4.74 Å². The van der Waals surface area contributed by atoms with E-state index in [9.17, 15) is 0 Å². The molecule has 0 aliphatic carbocycles. The highest BCUT2D eigenvalue weighted by Gasteiger charge is 2.00. The molecule has 0 aromatic rings. The molecule has 0 fully saturated rings. The minimum Gasteiger partial charge on any atom is -0.472 e. The summed E-state index contributed by atoms with van der Waals surface area (Å²) in [4.78, 5) is 4.31. The molecule has 1 aliphatic heterocycles. The Kier molecular flexibility index (Phi) is 6.87. The third-order valence-corrected chi connectivity index (χ3v) is 2.82. The van der Waals surface area contributed by atoms with Crippen molar-refractivity contribution in [2.24, 2.45) is 10.1 Å². The minimum atomic E-state index is 0.658. The van der Waals surface area contributed by atoms with E-state index in [-0.39, 0.29) is 0 Å². The molecule has 82 valence electrons. The van der Waals surface area contributed by atoms with Crippen LogP contribution in [-0.2, 0) is 4.74 Å².